The summed E-state index contributed by atoms with van der Waals surface area (Å²) in [7, 11) is 1.85. The number of aryl methyl sites for hydroxylation is 1. The van der Waals surface area contributed by atoms with Crippen LogP contribution in [0.15, 0.2) is 54.9 Å². The highest BCUT2D eigenvalue weighted by atomic mass is 32.2. The van der Waals surface area contributed by atoms with Gasteiger partial charge in [0.1, 0.15) is 29.2 Å². The van der Waals surface area contributed by atoms with Crippen LogP contribution < -0.4 is 20.5 Å². The first-order valence-electron chi connectivity index (χ1n) is 12.6. The molecule has 0 saturated carbocycles. The van der Waals surface area contributed by atoms with Gasteiger partial charge in [-0.25, -0.2) is 13.6 Å². The molecular weight excluding hydrogens is 535 g/mol. The van der Waals surface area contributed by atoms with E-state index in [0.29, 0.717) is 40.4 Å². The Bertz CT molecular complexity index is 1750. The predicted octanol–water partition coefficient (Wildman–Crippen LogP) is 4.01. The molecule has 2 atom stereocenters. The van der Waals surface area contributed by atoms with E-state index in [4.69, 9.17) is 15.6 Å². The molecule has 13 heteroatoms. The molecule has 0 amide bonds. The fourth-order valence-electron chi connectivity index (χ4n) is 5.08. The quantitative estimate of drug-likeness (QED) is 0.218. The normalized spacial score (nSPS) is 14.6. The molecule has 40 heavy (non-hydrogen) atoms. The number of anilines is 2. The van der Waals surface area contributed by atoms with Crippen LogP contribution in [0.25, 0.3) is 33.3 Å². The summed E-state index contributed by atoms with van der Waals surface area (Å²) in [5.41, 5.74) is 12.4. The molecule has 4 heterocycles. The molecule has 5 aromatic rings. The average Bonchev–Trinajstić information content (AvgIpc) is 3.52. The first-order chi connectivity index (χ1) is 19.3. The molecule has 0 spiro atoms. The molecule has 206 valence electrons. The second-order valence-corrected chi connectivity index (χ2v) is 10.2. The number of fused-ring (bicyclic) bond motifs is 2. The minimum Gasteiger partial charge on any atom is -0.484 e. The van der Waals surface area contributed by atoms with Gasteiger partial charge in [0.05, 0.1) is 35.0 Å². The molecule has 0 radical (unpaired) electrons. The molecule has 1 aliphatic rings. The Labute approximate surface area is 231 Å². The van der Waals surface area contributed by atoms with E-state index in [9.17, 15) is 13.2 Å². The Kier molecular flexibility index (Phi) is 6.70. The van der Waals surface area contributed by atoms with Gasteiger partial charge in [-0.1, -0.05) is 18.2 Å². The molecule has 1 unspecified atom stereocenters. The second-order valence-electron chi connectivity index (χ2n) is 9.53. The van der Waals surface area contributed by atoms with E-state index >= 15 is 0 Å². The highest BCUT2D eigenvalue weighted by molar-refractivity contribution is 7.80. The topological polar surface area (TPSA) is 145 Å². The maximum atomic E-state index is 13.4. The van der Waals surface area contributed by atoms with Crippen LogP contribution in [-0.4, -0.2) is 39.9 Å². The van der Waals surface area contributed by atoms with Gasteiger partial charge in [-0.05, 0) is 36.8 Å². The van der Waals surface area contributed by atoms with E-state index in [1.165, 1.54) is 12.1 Å². The molecule has 0 saturated heterocycles. The van der Waals surface area contributed by atoms with Crippen LogP contribution in [0.5, 0.6) is 5.75 Å². The number of aromatic nitrogens is 5. The van der Waals surface area contributed by atoms with Gasteiger partial charge in [0.2, 0.25) is 0 Å². The third-order valence-electron chi connectivity index (χ3n) is 7.02. The van der Waals surface area contributed by atoms with Gasteiger partial charge in [-0.2, -0.15) is 10.2 Å². The fraction of sp³-hybridized carbons (Fsp3) is 0.222. The summed E-state index contributed by atoms with van der Waals surface area (Å²) in [6, 6.07) is 11.1. The highest BCUT2D eigenvalue weighted by Gasteiger charge is 2.24. The number of nitrogen functional groups attached to an aromatic ring is 1. The number of nitrogens with one attached hydrogen (secondary N) is 2. The van der Waals surface area contributed by atoms with Gasteiger partial charge in [0, 0.05) is 43.0 Å². The number of nitrogens with two attached hydrogens (primary N) is 1. The fourth-order valence-corrected chi connectivity index (χ4v) is 5.44. The molecular formula is C27H27FN8O3S. The standard InChI is InChI=1S/C27H27FN8O3S/c1-15(16-3-6-18(28)7-4-16)39-23-11-17(5-8-21(23)34-40(37)38)25-24-26(35(2)33-25)20(12-31-27(24)29)19-13-32-36-10-9-30-14-22(19)36/h3-8,11-13,15,30,34H,9-10,14H2,1-2H3,(H2,29,31)(H,37,38)/t15-/m0/s1. The summed E-state index contributed by atoms with van der Waals surface area (Å²) in [6.07, 6.45) is 3.11. The summed E-state index contributed by atoms with van der Waals surface area (Å²) >= 11 is -2.33. The summed E-state index contributed by atoms with van der Waals surface area (Å²) < 4.78 is 47.0. The zero-order chi connectivity index (χ0) is 28.0. The van der Waals surface area contributed by atoms with Crippen LogP contribution in [-0.2, 0) is 31.4 Å². The maximum absolute atomic E-state index is 13.4. The molecule has 6 rings (SSSR count). The van der Waals surface area contributed by atoms with Crippen molar-refractivity contribution in [3.63, 3.8) is 0 Å². The van der Waals surface area contributed by atoms with Crippen molar-refractivity contribution in [1.29, 1.82) is 0 Å². The molecule has 5 N–H and O–H groups in total. The third-order valence-corrected chi connectivity index (χ3v) is 7.41. The lowest BCUT2D eigenvalue weighted by atomic mass is 10.0. The molecule has 1 aliphatic heterocycles. The Balaban J connectivity index is 1.46. The molecule has 0 fully saturated rings. The lowest BCUT2D eigenvalue weighted by molar-refractivity contribution is 0.228. The van der Waals surface area contributed by atoms with Gasteiger partial charge in [-0.15, -0.1) is 0 Å². The first-order valence-corrected chi connectivity index (χ1v) is 13.7. The van der Waals surface area contributed by atoms with E-state index in [-0.39, 0.29) is 5.82 Å². The van der Waals surface area contributed by atoms with Gasteiger partial charge < -0.3 is 15.8 Å². The van der Waals surface area contributed by atoms with Crippen molar-refractivity contribution in [3.05, 3.63) is 71.9 Å². The van der Waals surface area contributed by atoms with Gasteiger partial charge in [0.25, 0.3) is 11.3 Å². The van der Waals surface area contributed by atoms with Crippen LogP contribution in [0, 0.1) is 5.82 Å². The van der Waals surface area contributed by atoms with Gasteiger partial charge in [0.15, 0.2) is 0 Å². The molecule has 0 bridgehead atoms. The number of hydrogen-bond donors (Lipinski definition) is 4. The summed E-state index contributed by atoms with van der Waals surface area (Å²) in [4.78, 5) is 4.51. The van der Waals surface area contributed by atoms with E-state index in [1.54, 1.807) is 41.2 Å². The summed E-state index contributed by atoms with van der Waals surface area (Å²) in [6.45, 7) is 4.15. The Hall–Kier alpha value is -4.33. The summed E-state index contributed by atoms with van der Waals surface area (Å²) in [5.74, 6) is 0.285. The van der Waals surface area contributed by atoms with Crippen LogP contribution in [0.1, 0.15) is 24.3 Å². The van der Waals surface area contributed by atoms with Crippen molar-refractivity contribution in [1.82, 2.24) is 29.9 Å². The van der Waals surface area contributed by atoms with Crippen LogP contribution in [0.2, 0.25) is 0 Å². The van der Waals surface area contributed by atoms with E-state index in [0.717, 1.165) is 41.0 Å². The molecule has 3 aromatic heterocycles. The lowest BCUT2D eigenvalue weighted by Gasteiger charge is -2.18. The zero-order valence-electron chi connectivity index (χ0n) is 21.8. The number of benzene rings is 2. The van der Waals surface area contributed by atoms with Crippen molar-refractivity contribution in [2.45, 2.75) is 26.1 Å². The zero-order valence-corrected chi connectivity index (χ0v) is 22.6. The second kappa shape index (κ2) is 10.3. The van der Waals surface area contributed by atoms with Crippen LogP contribution >= 0.6 is 0 Å². The smallest absolute Gasteiger partial charge is 0.259 e. The summed E-state index contributed by atoms with van der Waals surface area (Å²) in [5, 5.41) is 13.4. The number of ether oxygens (including phenoxy) is 1. The van der Waals surface area contributed by atoms with Crippen LogP contribution in [0.3, 0.4) is 0 Å². The minimum absolute atomic E-state index is 0.310. The van der Waals surface area contributed by atoms with Crippen LogP contribution in [0.4, 0.5) is 15.9 Å². The monoisotopic (exact) mass is 562 g/mol. The van der Waals surface area contributed by atoms with Crippen molar-refractivity contribution in [3.8, 4) is 28.1 Å². The SMILES string of the molecule is C[C@H](Oc1cc(-c2nn(C)c3c(-c4cnn5c4CNCC5)cnc(N)c23)ccc1NS(=O)O)c1ccc(F)cc1. The van der Waals surface area contributed by atoms with E-state index in [2.05, 4.69) is 20.1 Å². The number of pyridine rings is 1. The number of hydrogen-bond acceptors (Lipinski definition) is 7. The Morgan fingerprint density at radius 2 is 2.00 bits per heavy atom. The molecule has 0 aliphatic carbocycles. The number of nitrogens with zero attached hydrogens (tertiary/aromatic N) is 5. The van der Waals surface area contributed by atoms with E-state index < -0.39 is 17.4 Å². The minimum atomic E-state index is -2.33. The first kappa shape index (κ1) is 25.9. The molecule has 11 nitrogen and oxygen atoms in total. The highest BCUT2D eigenvalue weighted by Crippen LogP contribution is 2.40. The number of halogens is 1. The van der Waals surface area contributed by atoms with Crippen molar-refractivity contribution in [2.75, 3.05) is 17.0 Å². The van der Waals surface area contributed by atoms with Crippen molar-refractivity contribution >= 4 is 33.7 Å². The number of rotatable bonds is 7. The largest absolute Gasteiger partial charge is 0.484 e. The van der Waals surface area contributed by atoms with E-state index in [1.807, 2.05) is 24.9 Å². The molecule has 2 aromatic carbocycles. The van der Waals surface area contributed by atoms with Gasteiger partial charge >= 0.3 is 0 Å². The predicted molar refractivity (Wildman–Crippen MR) is 151 cm³/mol. The van der Waals surface area contributed by atoms with Gasteiger partial charge in [-0.3, -0.25) is 18.6 Å². The lowest BCUT2D eigenvalue weighted by Crippen LogP contribution is -2.28. The third kappa shape index (κ3) is 4.68. The average molecular weight is 563 g/mol. The Morgan fingerprint density at radius 1 is 1.20 bits per heavy atom. The Morgan fingerprint density at radius 3 is 2.77 bits per heavy atom. The van der Waals surface area contributed by atoms with Crippen molar-refractivity contribution in [2.24, 2.45) is 7.05 Å². The van der Waals surface area contributed by atoms with Crippen molar-refractivity contribution < 1.29 is 17.9 Å². The maximum Gasteiger partial charge on any atom is 0.259 e.